The van der Waals surface area contributed by atoms with E-state index in [0.29, 0.717) is 17.6 Å². The molecule has 110 valence electrons. The third-order valence-corrected chi connectivity index (χ3v) is 3.70. The van der Waals surface area contributed by atoms with Crippen LogP contribution in [0.3, 0.4) is 0 Å². The molecular formula is C17H18O4. The van der Waals surface area contributed by atoms with Crippen LogP contribution >= 0.6 is 0 Å². The van der Waals surface area contributed by atoms with Crippen LogP contribution in [0.15, 0.2) is 41.0 Å². The number of rotatable bonds is 3. The van der Waals surface area contributed by atoms with Crippen molar-refractivity contribution >= 4 is 17.5 Å². The lowest BCUT2D eigenvalue weighted by Crippen LogP contribution is -2.00. The molecule has 0 N–H and O–H groups in total. The van der Waals surface area contributed by atoms with Gasteiger partial charge in [-0.15, -0.1) is 0 Å². The number of carbonyl (C=O) groups is 2. The van der Waals surface area contributed by atoms with Gasteiger partial charge in [-0.25, -0.2) is 9.59 Å². The smallest absolute Gasteiger partial charge is 0.347 e. The second-order valence-electron chi connectivity index (χ2n) is 4.91. The molecule has 21 heavy (non-hydrogen) atoms. The molecule has 0 bridgehead atoms. The van der Waals surface area contributed by atoms with Gasteiger partial charge in [0.2, 0.25) is 0 Å². The fourth-order valence-corrected chi connectivity index (χ4v) is 2.28. The highest BCUT2D eigenvalue weighted by atomic mass is 16.6. The lowest BCUT2D eigenvalue weighted by Gasteiger charge is -2.07. The number of benzene rings is 1. The molecule has 1 aliphatic rings. The first kappa shape index (κ1) is 15.0. The molecule has 0 aromatic heterocycles. The van der Waals surface area contributed by atoms with E-state index in [1.807, 2.05) is 45.0 Å². The zero-order valence-electron chi connectivity index (χ0n) is 12.6. The van der Waals surface area contributed by atoms with Crippen molar-refractivity contribution in [3.63, 3.8) is 0 Å². The molecule has 0 unspecified atom stereocenters. The maximum atomic E-state index is 12.0. The summed E-state index contributed by atoms with van der Waals surface area (Å²) in [5.74, 6) is -0.388. The first-order valence-electron chi connectivity index (χ1n) is 6.81. The highest BCUT2D eigenvalue weighted by Gasteiger charge is 2.36. The Labute approximate surface area is 124 Å². The van der Waals surface area contributed by atoms with Crippen LogP contribution in [0.25, 0.3) is 5.57 Å². The SMILES string of the molecule is CCC(C)=C1C(=O)OC(=O)C1=C(C)c1ccc(OC)cc1. The molecule has 1 heterocycles. The first-order valence-corrected chi connectivity index (χ1v) is 6.81. The Bertz CT molecular complexity index is 648. The van der Waals surface area contributed by atoms with Gasteiger partial charge in [-0.2, -0.15) is 0 Å². The van der Waals surface area contributed by atoms with E-state index in [4.69, 9.17) is 9.47 Å². The van der Waals surface area contributed by atoms with Gasteiger partial charge < -0.3 is 9.47 Å². The normalized spacial score (nSPS) is 19.4. The van der Waals surface area contributed by atoms with Crippen molar-refractivity contribution in [3.8, 4) is 5.75 Å². The molecular weight excluding hydrogens is 268 g/mol. The summed E-state index contributed by atoms with van der Waals surface area (Å²) < 4.78 is 9.90. The van der Waals surface area contributed by atoms with Crippen LogP contribution < -0.4 is 4.74 Å². The summed E-state index contributed by atoms with van der Waals surface area (Å²) in [6, 6.07) is 7.35. The molecule has 0 amide bonds. The Morgan fingerprint density at radius 2 is 1.62 bits per heavy atom. The van der Waals surface area contributed by atoms with Crippen molar-refractivity contribution in [1.82, 2.24) is 0 Å². The minimum Gasteiger partial charge on any atom is -0.497 e. The number of methoxy groups -OCH3 is 1. The van der Waals surface area contributed by atoms with E-state index in [9.17, 15) is 9.59 Å². The highest BCUT2D eigenvalue weighted by Crippen LogP contribution is 2.33. The third kappa shape index (κ3) is 2.75. The van der Waals surface area contributed by atoms with E-state index in [-0.39, 0.29) is 0 Å². The minimum absolute atomic E-state index is 0.365. The predicted molar refractivity (Wildman–Crippen MR) is 79.7 cm³/mol. The first-order chi connectivity index (χ1) is 9.99. The van der Waals surface area contributed by atoms with Crippen molar-refractivity contribution in [2.75, 3.05) is 7.11 Å². The molecule has 1 aromatic rings. The van der Waals surface area contributed by atoms with Crippen LogP contribution in [0.5, 0.6) is 5.75 Å². The van der Waals surface area contributed by atoms with Crippen molar-refractivity contribution in [2.24, 2.45) is 0 Å². The van der Waals surface area contributed by atoms with Gasteiger partial charge in [0.15, 0.2) is 0 Å². The number of cyclic esters (lactones) is 2. The summed E-state index contributed by atoms with van der Waals surface area (Å²) in [5, 5.41) is 0. The van der Waals surface area contributed by atoms with Gasteiger partial charge in [-0.05, 0) is 43.5 Å². The van der Waals surface area contributed by atoms with Crippen LogP contribution in [-0.2, 0) is 14.3 Å². The van der Waals surface area contributed by atoms with Crippen LogP contribution in [0.2, 0.25) is 0 Å². The van der Waals surface area contributed by atoms with E-state index in [2.05, 4.69) is 0 Å². The number of allylic oxidation sites excluding steroid dienone is 2. The Morgan fingerprint density at radius 3 is 2.14 bits per heavy atom. The Hall–Kier alpha value is -2.36. The van der Waals surface area contributed by atoms with E-state index in [1.54, 1.807) is 7.11 Å². The summed E-state index contributed by atoms with van der Waals surface area (Å²) in [7, 11) is 1.60. The molecule has 0 radical (unpaired) electrons. The van der Waals surface area contributed by atoms with Gasteiger partial charge in [0.05, 0.1) is 18.3 Å². The monoisotopic (exact) mass is 286 g/mol. The fraction of sp³-hybridized carbons (Fsp3) is 0.294. The molecule has 0 spiro atoms. The molecule has 1 aromatic carbocycles. The lowest BCUT2D eigenvalue weighted by molar-refractivity contribution is -0.149. The summed E-state index contributed by atoms with van der Waals surface area (Å²) in [5.41, 5.74) is 3.21. The minimum atomic E-state index is -0.573. The number of esters is 2. The largest absolute Gasteiger partial charge is 0.497 e. The third-order valence-electron chi connectivity index (χ3n) is 3.70. The number of ether oxygens (including phenoxy) is 2. The van der Waals surface area contributed by atoms with Crippen molar-refractivity contribution < 1.29 is 19.1 Å². The molecule has 1 aliphatic heterocycles. The zero-order chi connectivity index (χ0) is 15.6. The Morgan fingerprint density at radius 1 is 1.05 bits per heavy atom. The fourth-order valence-electron chi connectivity index (χ4n) is 2.28. The topological polar surface area (TPSA) is 52.6 Å². The molecule has 0 atom stereocenters. The zero-order valence-corrected chi connectivity index (χ0v) is 12.6. The van der Waals surface area contributed by atoms with Crippen LogP contribution in [0.4, 0.5) is 0 Å². The standard InChI is InChI=1S/C17H18O4/c1-5-10(2)14-15(17(19)21-16(14)18)11(3)12-6-8-13(20-4)9-7-12/h6-9H,5H2,1-4H3. The number of carbonyl (C=O) groups excluding carboxylic acids is 2. The number of hydrogen-bond donors (Lipinski definition) is 0. The maximum Gasteiger partial charge on any atom is 0.347 e. The second-order valence-corrected chi connectivity index (χ2v) is 4.91. The van der Waals surface area contributed by atoms with Gasteiger partial charge in [-0.1, -0.05) is 24.6 Å². The molecule has 4 nitrogen and oxygen atoms in total. The molecule has 1 saturated heterocycles. The lowest BCUT2D eigenvalue weighted by atomic mass is 9.93. The van der Waals surface area contributed by atoms with Crippen molar-refractivity contribution in [3.05, 3.63) is 46.5 Å². The van der Waals surface area contributed by atoms with E-state index < -0.39 is 11.9 Å². The average molecular weight is 286 g/mol. The van der Waals surface area contributed by atoms with Gasteiger partial charge in [0.1, 0.15) is 5.75 Å². The Balaban J connectivity index is 2.57. The summed E-state index contributed by atoms with van der Waals surface area (Å²) >= 11 is 0. The van der Waals surface area contributed by atoms with Crippen LogP contribution in [0, 0.1) is 0 Å². The van der Waals surface area contributed by atoms with Crippen LogP contribution in [-0.4, -0.2) is 19.0 Å². The summed E-state index contributed by atoms with van der Waals surface area (Å²) in [6.45, 7) is 5.61. The van der Waals surface area contributed by atoms with Gasteiger partial charge >= 0.3 is 11.9 Å². The second kappa shape index (κ2) is 5.95. The molecule has 4 heteroatoms. The molecule has 1 fully saturated rings. The molecule has 2 rings (SSSR count). The van der Waals surface area contributed by atoms with Gasteiger partial charge in [0.25, 0.3) is 0 Å². The van der Waals surface area contributed by atoms with E-state index in [1.165, 1.54) is 0 Å². The van der Waals surface area contributed by atoms with Crippen molar-refractivity contribution in [2.45, 2.75) is 27.2 Å². The Kier molecular flexibility index (Phi) is 4.26. The van der Waals surface area contributed by atoms with E-state index >= 15 is 0 Å². The quantitative estimate of drug-likeness (QED) is 0.486. The van der Waals surface area contributed by atoms with Crippen molar-refractivity contribution in [1.29, 1.82) is 0 Å². The van der Waals surface area contributed by atoms with Gasteiger partial charge in [-0.3, -0.25) is 0 Å². The molecule has 0 saturated carbocycles. The highest BCUT2D eigenvalue weighted by molar-refractivity contribution is 6.22. The maximum absolute atomic E-state index is 12.0. The van der Waals surface area contributed by atoms with Gasteiger partial charge in [0, 0.05) is 0 Å². The molecule has 0 aliphatic carbocycles. The van der Waals surface area contributed by atoms with Crippen LogP contribution in [0.1, 0.15) is 32.8 Å². The number of hydrogen-bond acceptors (Lipinski definition) is 4. The predicted octanol–water partition coefficient (Wildman–Crippen LogP) is 3.28. The summed E-state index contributed by atoms with van der Waals surface area (Å²) in [4.78, 5) is 23.9. The van der Waals surface area contributed by atoms with E-state index in [0.717, 1.165) is 22.5 Å². The summed E-state index contributed by atoms with van der Waals surface area (Å²) in [6.07, 6.45) is 0.692. The average Bonchev–Trinajstić information content (AvgIpc) is 2.80.